The van der Waals surface area contributed by atoms with Crippen molar-refractivity contribution in [1.29, 1.82) is 5.26 Å². The summed E-state index contributed by atoms with van der Waals surface area (Å²) in [5, 5.41) is 8.10. The Morgan fingerprint density at radius 1 is 1.42 bits per heavy atom. The summed E-state index contributed by atoms with van der Waals surface area (Å²) < 4.78 is 4.54. The van der Waals surface area contributed by atoms with Crippen molar-refractivity contribution in [2.24, 2.45) is 0 Å². The van der Waals surface area contributed by atoms with Crippen molar-refractivity contribution >= 4 is 11.8 Å². The predicted octanol–water partition coefficient (Wildman–Crippen LogP) is 2.54. The zero-order valence-corrected chi connectivity index (χ0v) is 7.60. The number of thioether (sulfide) groups is 1. The Hall–Kier alpha value is -1.14. The van der Waals surface area contributed by atoms with E-state index in [0.29, 0.717) is 5.94 Å². The molecule has 0 bridgehead atoms. The van der Waals surface area contributed by atoms with E-state index in [1.54, 1.807) is 6.26 Å². The van der Waals surface area contributed by atoms with Gasteiger partial charge in [-0.2, -0.15) is 5.26 Å². The van der Waals surface area contributed by atoms with Gasteiger partial charge in [-0.25, -0.2) is 0 Å². The van der Waals surface area contributed by atoms with Crippen molar-refractivity contribution in [3.63, 3.8) is 0 Å². The fourth-order valence-electron chi connectivity index (χ4n) is 0.758. The van der Waals surface area contributed by atoms with Crippen LogP contribution in [-0.4, -0.2) is 5.94 Å². The zero-order chi connectivity index (χ0) is 8.81. The molecule has 0 spiro atoms. The maximum absolute atomic E-state index is 8.10. The van der Waals surface area contributed by atoms with Crippen LogP contribution < -0.4 is 0 Å². The highest BCUT2D eigenvalue weighted by Crippen LogP contribution is 2.17. The van der Waals surface area contributed by atoms with Gasteiger partial charge < -0.3 is 4.74 Å². The standard InChI is InChI=1S/C9H9NOS/c1-8-2-4-9(5-3-8)12-7-11-6-10/h2-5H,7H2,1H3. The number of aryl methyl sites for hydroxylation is 1. The van der Waals surface area contributed by atoms with Crippen LogP contribution in [0.15, 0.2) is 29.2 Å². The molecular weight excluding hydrogens is 170 g/mol. The molecule has 0 N–H and O–H groups in total. The van der Waals surface area contributed by atoms with Gasteiger partial charge in [-0.05, 0) is 19.1 Å². The first-order chi connectivity index (χ1) is 5.83. The summed E-state index contributed by atoms with van der Waals surface area (Å²) in [4.78, 5) is 1.12. The first-order valence-corrected chi connectivity index (χ1v) is 4.52. The van der Waals surface area contributed by atoms with Crippen molar-refractivity contribution in [2.75, 3.05) is 5.94 Å². The maximum atomic E-state index is 8.10. The van der Waals surface area contributed by atoms with Crippen LogP contribution in [0.2, 0.25) is 0 Å². The summed E-state index contributed by atoms with van der Waals surface area (Å²) in [5.41, 5.74) is 1.24. The SMILES string of the molecule is Cc1ccc(SCOC#N)cc1. The minimum atomic E-state index is 0.388. The van der Waals surface area contributed by atoms with E-state index in [-0.39, 0.29) is 0 Å². The second kappa shape index (κ2) is 4.68. The van der Waals surface area contributed by atoms with Gasteiger partial charge >= 0.3 is 0 Å². The zero-order valence-electron chi connectivity index (χ0n) is 6.78. The monoisotopic (exact) mass is 179 g/mol. The van der Waals surface area contributed by atoms with Gasteiger partial charge in [0.2, 0.25) is 0 Å². The van der Waals surface area contributed by atoms with E-state index in [1.807, 2.05) is 31.2 Å². The Balaban J connectivity index is 2.43. The average molecular weight is 179 g/mol. The lowest BCUT2D eigenvalue weighted by Crippen LogP contribution is -1.80. The predicted molar refractivity (Wildman–Crippen MR) is 48.6 cm³/mol. The summed E-state index contributed by atoms with van der Waals surface area (Å²) >= 11 is 1.51. The lowest BCUT2D eigenvalue weighted by atomic mass is 10.2. The van der Waals surface area contributed by atoms with E-state index in [2.05, 4.69) is 4.74 Å². The van der Waals surface area contributed by atoms with Crippen LogP contribution in [0, 0.1) is 18.4 Å². The normalized spacial score (nSPS) is 9.00. The third-order valence-electron chi connectivity index (χ3n) is 1.37. The van der Waals surface area contributed by atoms with Gasteiger partial charge in [0.15, 0.2) is 5.94 Å². The molecule has 0 saturated heterocycles. The molecule has 0 aromatic heterocycles. The third kappa shape index (κ3) is 2.85. The number of benzene rings is 1. The van der Waals surface area contributed by atoms with Crippen LogP contribution in [0.3, 0.4) is 0 Å². The molecule has 0 saturated carbocycles. The number of rotatable bonds is 3. The summed E-state index contributed by atoms with van der Waals surface area (Å²) in [6, 6.07) is 8.10. The van der Waals surface area contributed by atoms with Gasteiger partial charge in [-0.3, -0.25) is 0 Å². The van der Waals surface area contributed by atoms with Crippen molar-refractivity contribution in [3.8, 4) is 6.26 Å². The van der Waals surface area contributed by atoms with Crippen LogP contribution >= 0.6 is 11.8 Å². The molecule has 0 aliphatic carbocycles. The van der Waals surface area contributed by atoms with E-state index in [1.165, 1.54) is 17.3 Å². The smallest absolute Gasteiger partial charge is 0.287 e. The topological polar surface area (TPSA) is 33.0 Å². The summed E-state index contributed by atoms with van der Waals surface area (Å²) in [6.45, 7) is 2.04. The van der Waals surface area contributed by atoms with Gasteiger partial charge in [0.1, 0.15) is 0 Å². The Labute approximate surface area is 76.2 Å². The highest BCUT2D eigenvalue weighted by Gasteiger charge is 1.92. The molecule has 1 aromatic rings. The average Bonchev–Trinajstić information content (AvgIpc) is 2.09. The lowest BCUT2D eigenvalue weighted by molar-refractivity contribution is 0.341. The fourth-order valence-corrected chi connectivity index (χ4v) is 1.33. The van der Waals surface area contributed by atoms with Crippen LogP contribution in [-0.2, 0) is 4.74 Å². The Kier molecular flexibility index (Phi) is 3.49. The number of hydrogen-bond donors (Lipinski definition) is 0. The highest BCUT2D eigenvalue weighted by atomic mass is 32.2. The highest BCUT2D eigenvalue weighted by molar-refractivity contribution is 7.99. The molecule has 2 nitrogen and oxygen atoms in total. The van der Waals surface area contributed by atoms with Gasteiger partial charge in [0.05, 0.1) is 0 Å². The van der Waals surface area contributed by atoms with E-state index in [4.69, 9.17) is 5.26 Å². The van der Waals surface area contributed by atoms with E-state index >= 15 is 0 Å². The summed E-state index contributed by atoms with van der Waals surface area (Å²) in [7, 11) is 0. The molecule has 0 radical (unpaired) electrons. The molecule has 0 aliphatic heterocycles. The largest absolute Gasteiger partial charge is 0.416 e. The van der Waals surface area contributed by atoms with Crippen molar-refractivity contribution in [3.05, 3.63) is 29.8 Å². The molecule has 12 heavy (non-hydrogen) atoms. The second-order valence-electron chi connectivity index (χ2n) is 2.31. The quantitative estimate of drug-likeness (QED) is 0.309. The van der Waals surface area contributed by atoms with Crippen molar-refractivity contribution < 1.29 is 4.74 Å². The molecule has 0 heterocycles. The third-order valence-corrected chi connectivity index (χ3v) is 2.21. The molecule has 1 rings (SSSR count). The van der Waals surface area contributed by atoms with Crippen LogP contribution in [0.4, 0.5) is 0 Å². The Morgan fingerprint density at radius 3 is 2.67 bits per heavy atom. The number of nitrogens with zero attached hydrogens (tertiary/aromatic N) is 1. The van der Waals surface area contributed by atoms with Crippen molar-refractivity contribution in [2.45, 2.75) is 11.8 Å². The molecule has 1 aromatic carbocycles. The number of ether oxygens (including phenoxy) is 1. The van der Waals surface area contributed by atoms with E-state index in [0.717, 1.165) is 4.90 Å². The molecule has 3 heteroatoms. The molecule has 0 amide bonds. The first kappa shape index (κ1) is 8.95. The molecule has 0 aliphatic rings. The van der Waals surface area contributed by atoms with Crippen molar-refractivity contribution in [1.82, 2.24) is 0 Å². The number of hydrogen-bond acceptors (Lipinski definition) is 3. The van der Waals surface area contributed by atoms with Crippen LogP contribution in [0.1, 0.15) is 5.56 Å². The van der Waals surface area contributed by atoms with Gasteiger partial charge in [0, 0.05) is 4.90 Å². The summed E-state index contributed by atoms with van der Waals surface area (Å²) in [5.74, 6) is 0.388. The minimum absolute atomic E-state index is 0.388. The van der Waals surface area contributed by atoms with E-state index < -0.39 is 0 Å². The second-order valence-corrected chi connectivity index (χ2v) is 3.31. The van der Waals surface area contributed by atoms with Gasteiger partial charge in [0.25, 0.3) is 6.26 Å². The minimum Gasteiger partial charge on any atom is -0.416 e. The molecule has 0 atom stereocenters. The van der Waals surface area contributed by atoms with E-state index in [9.17, 15) is 0 Å². The molecular formula is C9H9NOS. The van der Waals surface area contributed by atoms with Gasteiger partial charge in [-0.15, -0.1) is 0 Å². The fraction of sp³-hybridized carbons (Fsp3) is 0.222. The van der Waals surface area contributed by atoms with Crippen LogP contribution in [0.25, 0.3) is 0 Å². The van der Waals surface area contributed by atoms with Crippen LogP contribution in [0.5, 0.6) is 0 Å². The lowest BCUT2D eigenvalue weighted by Gasteiger charge is -1.98. The van der Waals surface area contributed by atoms with Gasteiger partial charge in [-0.1, -0.05) is 29.5 Å². The maximum Gasteiger partial charge on any atom is 0.287 e. The summed E-state index contributed by atoms with van der Waals surface area (Å²) in [6.07, 6.45) is 1.63. The molecule has 0 fully saturated rings. The number of nitriles is 1. The molecule has 62 valence electrons. The Morgan fingerprint density at radius 2 is 2.08 bits per heavy atom. The first-order valence-electron chi connectivity index (χ1n) is 3.53. The molecule has 0 unspecified atom stereocenters. The Bertz CT molecular complexity index is 276.